The van der Waals surface area contributed by atoms with E-state index in [9.17, 15) is 0 Å². The first-order valence-corrected chi connectivity index (χ1v) is 5.06. The third-order valence-corrected chi connectivity index (χ3v) is 3.58. The van der Waals surface area contributed by atoms with E-state index < -0.39 is 0 Å². The Hall–Kier alpha value is -0.293. The number of hydrogen-bond donors (Lipinski definition) is 2. The molecule has 14 heavy (non-hydrogen) atoms. The van der Waals surface area contributed by atoms with Crippen LogP contribution in [0, 0.1) is 24.2 Å². The summed E-state index contributed by atoms with van der Waals surface area (Å²) in [5.41, 5.74) is 7.00. The first kappa shape index (κ1) is 10.2. The summed E-state index contributed by atoms with van der Waals surface area (Å²) in [5, 5.41) is 3.55. The van der Waals surface area contributed by atoms with Crippen LogP contribution < -0.4 is 29.9 Å². The van der Waals surface area contributed by atoms with Gasteiger partial charge in [-0.25, -0.2) is 18.6 Å². The Morgan fingerprint density at radius 3 is 3.21 bits per heavy atom. The minimum absolute atomic E-state index is 0. The van der Waals surface area contributed by atoms with Crippen molar-refractivity contribution >= 4 is 0 Å². The fourth-order valence-electron chi connectivity index (χ4n) is 3.04. The van der Waals surface area contributed by atoms with Crippen molar-refractivity contribution in [1.29, 1.82) is 0 Å². The van der Waals surface area contributed by atoms with Gasteiger partial charge in [0.2, 0.25) is 0 Å². The van der Waals surface area contributed by atoms with Crippen LogP contribution in [0.5, 0.6) is 0 Å². The Morgan fingerprint density at radius 2 is 2.36 bits per heavy atom. The number of nitrogens with one attached hydrogen (secondary N) is 1. The van der Waals surface area contributed by atoms with Gasteiger partial charge in [-0.15, -0.1) is 0 Å². The van der Waals surface area contributed by atoms with Gasteiger partial charge in [-0.2, -0.15) is 0 Å². The molecule has 1 saturated heterocycles. The van der Waals surface area contributed by atoms with Crippen molar-refractivity contribution in [2.45, 2.75) is 12.5 Å². The topological polar surface area (TPSA) is 38.0 Å². The summed E-state index contributed by atoms with van der Waals surface area (Å²) in [6.45, 7) is 1.14. The summed E-state index contributed by atoms with van der Waals surface area (Å²) < 4.78 is 0. The summed E-state index contributed by atoms with van der Waals surface area (Å²) in [4.78, 5) is 0. The van der Waals surface area contributed by atoms with E-state index in [1.165, 1.54) is 0 Å². The Balaban J connectivity index is 0.000000750. The minimum atomic E-state index is 0. The van der Waals surface area contributed by atoms with Crippen molar-refractivity contribution < 1.29 is 18.9 Å². The summed E-state index contributed by atoms with van der Waals surface area (Å²) in [7, 11) is 0. The van der Waals surface area contributed by atoms with Crippen LogP contribution in [-0.2, 0) is 0 Å². The van der Waals surface area contributed by atoms with Crippen LogP contribution in [0.15, 0.2) is 23.9 Å². The number of hydrogen-bond acceptors (Lipinski definition) is 2. The zero-order valence-electron chi connectivity index (χ0n) is 8.61. The second kappa shape index (κ2) is 3.70. The van der Waals surface area contributed by atoms with E-state index in [1.54, 1.807) is 0 Å². The monoisotopic (exact) mass is 182 g/mol. The zero-order valence-corrected chi connectivity index (χ0v) is 8.61. The summed E-state index contributed by atoms with van der Waals surface area (Å²) in [6.07, 6.45) is 10.1. The van der Waals surface area contributed by atoms with Crippen LogP contribution >= 0.6 is 0 Å². The summed E-state index contributed by atoms with van der Waals surface area (Å²) >= 11 is 0. The van der Waals surface area contributed by atoms with Crippen LogP contribution in [0.4, 0.5) is 0 Å². The van der Waals surface area contributed by atoms with Gasteiger partial charge in [-0.05, 0) is 30.8 Å². The molecular weight excluding hydrogens is 167 g/mol. The average molecular weight is 182 g/mol. The number of rotatable bonds is 0. The maximum Gasteiger partial charge on any atom is 1.00 e. The molecular formula is C11H15LiN2. The Labute approximate surface area is 97.2 Å². The third-order valence-electron chi connectivity index (χ3n) is 3.58. The molecule has 3 N–H and O–H groups in total. The van der Waals surface area contributed by atoms with Gasteiger partial charge in [-0.1, -0.05) is 12.0 Å². The largest absolute Gasteiger partial charge is 1.00 e. The van der Waals surface area contributed by atoms with E-state index in [1.807, 2.05) is 0 Å². The van der Waals surface area contributed by atoms with E-state index in [0.717, 1.165) is 30.5 Å². The van der Waals surface area contributed by atoms with Crippen LogP contribution in [0.2, 0.25) is 0 Å². The minimum Gasteiger partial charge on any atom is -0.402 e. The van der Waals surface area contributed by atoms with Gasteiger partial charge in [0.15, 0.2) is 0 Å². The predicted molar refractivity (Wildman–Crippen MR) is 52.6 cm³/mol. The molecule has 0 aromatic heterocycles. The Morgan fingerprint density at radius 1 is 1.50 bits per heavy atom. The van der Waals surface area contributed by atoms with Crippen molar-refractivity contribution in [2.75, 3.05) is 6.54 Å². The van der Waals surface area contributed by atoms with Crippen molar-refractivity contribution in [1.82, 2.24) is 5.32 Å². The van der Waals surface area contributed by atoms with Crippen molar-refractivity contribution in [2.24, 2.45) is 23.5 Å². The van der Waals surface area contributed by atoms with E-state index in [2.05, 4.69) is 30.0 Å². The van der Waals surface area contributed by atoms with Gasteiger partial charge in [-0.3, -0.25) is 0 Å². The molecule has 0 aromatic rings. The predicted octanol–water partition coefficient (Wildman–Crippen LogP) is -2.17. The molecule has 0 radical (unpaired) electrons. The second-order valence-corrected chi connectivity index (χ2v) is 4.37. The Kier molecular flexibility index (Phi) is 2.70. The SMILES string of the molecule is NC1=CC2[CH-]C=CC3NCC(C1)C23.[Li+]. The van der Waals surface area contributed by atoms with Crippen LogP contribution in [-0.4, -0.2) is 12.6 Å². The molecule has 0 amide bonds. The van der Waals surface area contributed by atoms with Crippen LogP contribution in [0.25, 0.3) is 0 Å². The smallest absolute Gasteiger partial charge is 0.402 e. The molecule has 3 heteroatoms. The molecule has 2 aliphatic carbocycles. The molecule has 4 atom stereocenters. The van der Waals surface area contributed by atoms with Crippen molar-refractivity contribution in [3.8, 4) is 0 Å². The fraction of sp³-hybridized carbons (Fsp3) is 0.545. The molecule has 1 aliphatic heterocycles. The van der Waals surface area contributed by atoms with Gasteiger partial charge in [0.05, 0.1) is 0 Å². The standard InChI is InChI=1S/C11H15N2.Li/c12-9-4-7-2-1-3-10-11(7)8(5-9)6-13-10;/h1-4,7-8,10-11,13H,5-6,12H2;/q-1;+1. The fourth-order valence-corrected chi connectivity index (χ4v) is 3.04. The van der Waals surface area contributed by atoms with Crippen LogP contribution in [0.1, 0.15) is 6.42 Å². The molecule has 2 nitrogen and oxygen atoms in total. The number of allylic oxidation sites excluding steroid dienone is 3. The van der Waals surface area contributed by atoms with E-state index in [0.29, 0.717) is 12.0 Å². The van der Waals surface area contributed by atoms with Gasteiger partial charge in [0.1, 0.15) is 0 Å². The van der Waals surface area contributed by atoms with Gasteiger partial charge >= 0.3 is 18.9 Å². The molecule has 0 saturated carbocycles. The summed E-state index contributed by atoms with van der Waals surface area (Å²) in [6, 6.07) is 0.601. The quantitative estimate of drug-likeness (QED) is 0.330. The molecule has 3 aliphatic rings. The average Bonchev–Trinajstić information content (AvgIpc) is 2.50. The Bertz CT molecular complexity index is 285. The van der Waals surface area contributed by atoms with E-state index in [-0.39, 0.29) is 18.9 Å². The first-order chi connectivity index (χ1) is 6.34. The van der Waals surface area contributed by atoms with E-state index in [4.69, 9.17) is 5.73 Å². The molecule has 1 heterocycles. The molecule has 0 spiro atoms. The van der Waals surface area contributed by atoms with E-state index >= 15 is 0 Å². The normalized spacial score (nSPS) is 43.3. The van der Waals surface area contributed by atoms with Crippen molar-refractivity contribution in [3.63, 3.8) is 0 Å². The zero-order chi connectivity index (χ0) is 8.84. The molecule has 70 valence electrons. The second-order valence-electron chi connectivity index (χ2n) is 4.37. The molecule has 0 bridgehead atoms. The molecule has 1 fully saturated rings. The molecule has 4 unspecified atom stereocenters. The van der Waals surface area contributed by atoms with Crippen LogP contribution in [0.3, 0.4) is 0 Å². The van der Waals surface area contributed by atoms with Gasteiger partial charge in [0.25, 0.3) is 0 Å². The maximum atomic E-state index is 5.92. The number of nitrogens with two attached hydrogens (primary N) is 1. The molecule has 0 aromatic carbocycles. The summed E-state index contributed by atoms with van der Waals surface area (Å²) in [5.74, 6) is 2.13. The maximum absolute atomic E-state index is 5.92. The molecule has 3 rings (SSSR count). The third kappa shape index (κ3) is 1.42. The van der Waals surface area contributed by atoms with Gasteiger partial charge in [0, 0.05) is 5.70 Å². The van der Waals surface area contributed by atoms with Crippen molar-refractivity contribution in [3.05, 3.63) is 30.3 Å². The van der Waals surface area contributed by atoms with Gasteiger partial charge < -0.3 is 11.1 Å². The first-order valence-electron chi connectivity index (χ1n) is 5.06.